The average molecular weight is 313 g/mol. The summed E-state index contributed by atoms with van der Waals surface area (Å²) >= 11 is 0. The van der Waals surface area contributed by atoms with E-state index >= 15 is 0 Å². The van der Waals surface area contributed by atoms with Crippen molar-refractivity contribution < 1.29 is 10.2 Å². The van der Waals surface area contributed by atoms with Crippen LogP contribution in [0.1, 0.15) is 56.1 Å². The van der Waals surface area contributed by atoms with Crippen molar-refractivity contribution in [1.82, 2.24) is 5.32 Å². The Bertz CT molecular complexity index is 641. The second-order valence-electron chi connectivity index (χ2n) is 8.60. The fraction of sp³-hybridized carbons (Fsp3) is 0.700. The molecule has 3 fully saturated rings. The molecule has 3 N–H and O–H groups in total. The fourth-order valence-corrected chi connectivity index (χ4v) is 6.03. The smallest absolute Gasteiger partial charge is 0.115 e. The number of hydrogen-bond acceptors (Lipinski definition) is 3. The summed E-state index contributed by atoms with van der Waals surface area (Å²) < 4.78 is 0. The van der Waals surface area contributed by atoms with Gasteiger partial charge in [0.05, 0.1) is 5.60 Å². The molecule has 5 rings (SSSR count). The predicted molar refractivity (Wildman–Crippen MR) is 89.5 cm³/mol. The van der Waals surface area contributed by atoms with Crippen molar-refractivity contribution in [3.05, 3.63) is 29.3 Å². The normalized spacial score (nSPS) is 42.0. The molecule has 0 spiro atoms. The number of phenols is 1. The van der Waals surface area contributed by atoms with Crippen LogP contribution in [0.4, 0.5) is 0 Å². The number of fused-ring (bicyclic) bond motifs is 1. The zero-order valence-electron chi connectivity index (χ0n) is 13.7. The van der Waals surface area contributed by atoms with Crippen LogP contribution in [0, 0.1) is 11.8 Å². The number of benzene rings is 1. The Balaban J connectivity index is 1.58. The topological polar surface area (TPSA) is 52.5 Å². The van der Waals surface area contributed by atoms with Gasteiger partial charge in [-0.15, -0.1) is 0 Å². The number of aliphatic hydroxyl groups is 1. The van der Waals surface area contributed by atoms with Crippen molar-refractivity contribution in [1.29, 1.82) is 0 Å². The molecule has 3 nitrogen and oxygen atoms in total. The maximum Gasteiger partial charge on any atom is 0.115 e. The lowest BCUT2D eigenvalue weighted by Gasteiger charge is -2.62. The van der Waals surface area contributed by atoms with Crippen LogP contribution in [-0.4, -0.2) is 28.4 Å². The Hall–Kier alpha value is -1.06. The Morgan fingerprint density at radius 1 is 1.13 bits per heavy atom. The van der Waals surface area contributed by atoms with E-state index in [-0.39, 0.29) is 11.5 Å². The van der Waals surface area contributed by atoms with Gasteiger partial charge in [0.25, 0.3) is 0 Å². The molecule has 4 atom stereocenters. The lowest BCUT2D eigenvalue weighted by molar-refractivity contribution is -0.138. The molecule has 1 aliphatic heterocycles. The molecule has 1 aromatic rings. The zero-order valence-corrected chi connectivity index (χ0v) is 13.7. The van der Waals surface area contributed by atoms with Gasteiger partial charge in [0.15, 0.2) is 0 Å². The van der Waals surface area contributed by atoms with Crippen LogP contribution >= 0.6 is 0 Å². The minimum atomic E-state index is -0.635. The third kappa shape index (κ3) is 1.96. The van der Waals surface area contributed by atoms with Gasteiger partial charge < -0.3 is 15.5 Å². The van der Waals surface area contributed by atoms with Gasteiger partial charge in [-0.25, -0.2) is 0 Å². The van der Waals surface area contributed by atoms with Gasteiger partial charge in [-0.05, 0) is 80.2 Å². The SMILES string of the molecule is Oc1ccc2c(c1)[C@]13CCN[C@H](C2)[C@]1(O)CC(CC1CC1)CC3. The number of phenolic OH excluding ortho intramolecular Hbond substituents is 1. The predicted octanol–water partition coefficient (Wildman–Crippen LogP) is 2.88. The molecule has 0 aromatic heterocycles. The van der Waals surface area contributed by atoms with Crippen molar-refractivity contribution in [3.63, 3.8) is 0 Å². The number of hydrogen-bond donors (Lipinski definition) is 3. The summed E-state index contributed by atoms with van der Waals surface area (Å²) in [6.07, 6.45) is 9.26. The summed E-state index contributed by atoms with van der Waals surface area (Å²) in [5, 5.41) is 25.5. The summed E-state index contributed by atoms with van der Waals surface area (Å²) in [6, 6.07) is 6.00. The van der Waals surface area contributed by atoms with E-state index in [0.717, 1.165) is 38.1 Å². The molecule has 0 radical (unpaired) electrons. The van der Waals surface area contributed by atoms with E-state index in [0.29, 0.717) is 11.7 Å². The number of piperidine rings is 1. The Morgan fingerprint density at radius 3 is 2.83 bits per heavy atom. The Morgan fingerprint density at radius 2 is 2.00 bits per heavy atom. The van der Waals surface area contributed by atoms with Gasteiger partial charge in [0.2, 0.25) is 0 Å². The molecular weight excluding hydrogens is 286 g/mol. The molecule has 1 saturated heterocycles. The molecule has 2 saturated carbocycles. The number of nitrogens with one attached hydrogen (secondary N) is 1. The van der Waals surface area contributed by atoms with Crippen molar-refractivity contribution in [3.8, 4) is 5.75 Å². The summed E-state index contributed by atoms with van der Waals surface area (Å²) in [6.45, 7) is 0.982. The third-order valence-electron chi connectivity index (χ3n) is 7.32. The third-order valence-corrected chi connectivity index (χ3v) is 7.32. The highest BCUT2D eigenvalue weighted by atomic mass is 16.3. The monoisotopic (exact) mass is 313 g/mol. The van der Waals surface area contributed by atoms with Gasteiger partial charge in [-0.2, -0.15) is 0 Å². The molecule has 0 amide bonds. The molecule has 2 bridgehead atoms. The quantitative estimate of drug-likeness (QED) is 0.787. The molecule has 3 aliphatic carbocycles. The Labute approximate surface area is 138 Å². The Kier molecular flexibility index (Phi) is 2.94. The van der Waals surface area contributed by atoms with Crippen molar-refractivity contribution in [2.45, 2.75) is 68.4 Å². The van der Waals surface area contributed by atoms with Gasteiger partial charge in [-0.3, -0.25) is 0 Å². The summed E-state index contributed by atoms with van der Waals surface area (Å²) in [4.78, 5) is 0. The minimum Gasteiger partial charge on any atom is -0.508 e. The first kappa shape index (κ1) is 14.3. The second-order valence-corrected chi connectivity index (χ2v) is 8.60. The van der Waals surface area contributed by atoms with Crippen molar-refractivity contribution in [2.24, 2.45) is 11.8 Å². The van der Waals surface area contributed by atoms with E-state index in [4.69, 9.17) is 0 Å². The summed E-state index contributed by atoms with van der Waals surface area (Å²) in [5.41, 5.74) is 1.78. The van der Waals surface area contributed by atoms with Crippen LogP contribution in [0.25, 0.3) is 0 Å². The van der Waals surface area contributed by atoms with E-state index in [2.05, 4.69) is 11.4 Å². The summed E-state index contributed by atoms with van der Waals surface area (Å²) in [5.74, 6) is 1.96. The minimum absolute atomic E-state index is 0.144. The number of rotatable bonds is 2. The van der Waals surface area contributed by atoms with Gasteiger partial charge in [-0.1, -0.05) is 18.9 Å². The first-order valence-electron chi connectivity index (χ1n) is 9.39. The van der Waals surface area contributed by atoms with E-state index in [1.165, 1.54) is 36.8 Å². The fourth-order valence-electron chi connectivity index (χ4n) is 6.03. The molecular formula is C20H27NO2. The highest BCUT2D eigenvalue weighted by Crippen LogP contribution is 2.59. The van der Waals surface area contributed by atoms with Crippen LogP contribution in [0.3, 0.4) is 0 Å². The van der Waals surface area contributed by atoms with Crippen LogP contribution < -0.4 is 5.32 Å². The molecule has 4 aliphatic rings. The maximum atomic E-state index is 11.9. The highest BCUT2D eigenvalue weighted by Gasteiger charge is 2.62. The molecule has 1 heterocycles. The average Bonchev–Trinajstić information content (AvgIpc) is 3.32. The van der Waals surface area contributed by atoms with Crippen molar-refractivity contribution >= 4 is 0 Å². The van der Waals surface area contributed by atoms with Gasteiger partial charge >= 0.3 is 0 Å². The first-order valence-corrected chi connectivity index (χ1v) is 9.39. The van der Waals surface area contributed by atoms with Crippen LogP contribution in [0.15, 0.2) is 18.2 Å². The van der Waals surface area contributed by atoms with E-state index in [1.54, 1.807) is 6.07 Å². The standard InChI is InChI=1S/C20H27NO2/c22-16-4-3-15-10-18-20(23)12-14(9-13-1-2-13)5-6-19(20,7-8-21-18)17(15)11-16/h3-4,11,13-14,18,21-23H,1-2,5-10,12H2/t14?,18-,19+,20-/m1/s1. The molecule has 1 unspecified atom stereocenters. The molecule has 124 valence electrons. The van der Waals surface area contributed by atoms with Crippen LogP contribution in [0.5, 0.6) is 5.75 Å². The lowest BCUT2D eigenvalue weighted by Crippen LogP contribution is -2.72. The van der Waals surface area contributed by atoms with Crippen LogP contribution in [0.2, 0.25) is 0 Å². The first-order chi connectivity index (χ1) is 11.1. The van der Waals surface area contributed by atoms with Gasteiger partial charge in [0, 0.05) is 11.5 Å². The molecule has 3 heteroatoms. The zero-order chi connectivity index (χ0) is 15.7. The molecule has 1 aromatic carbocycles. The largest absolute Gasteiger partial charge is 0.508 e. The second kappa shape index (κ2) is 4.73. The molecule has 23 heavy (non-hydrogen) atoms. The lowest BCUT2D eigenvalue weighted by atomic mass is 9.48. The summed E-state index contributed by atoms with van der Waals surface area (Å²) in [7, 11) is 0. The van der Waals surface area contributed by atoms with Crippen LogP contribution in [-0.2, 0) is 11.8 Å². The maximum absolute atomic E-state index is 11.9. The van der Waals surface area contributed by atoms with Crippen molar-refractivity contribution in [2.75, 3.05) is 6.54 Å². The van der Waals surface area contributed by atoms with Gasteiger partial charge in [0.1, 0.15) is 5.75 Å². The van der Waals surface area contributed by atoms with E-state index in [1.807, 2.05) is 6.07 Å². The number of aromatic hydroxyl groups is 1. The van der Waals surface area contributed by atoms with E-state index in [9.17, 15) is 10.2 Å². The van der Waals surface area contributed by atoms with E-state index < -0.39 is 5.60 Å². The highest BCUT2D eigenvalue weighted by molar-refractivity contribution is 5.48.